The van der Waals surface area contributed by atoms with Crippen molar-refractivity contribution in [3.63, 3.8) is 0 Å². The minimum atomic E-state index is -0.178. The van der Waals surface area contributed by atoms with Crippen LogP contribution in [0.2, 0.25) is 0 Å². The molecule has 1 aromatic carbocycles. The van der Waals surface area contributed by atoms with Gasteiger partial charge in [-0.1, -0.05) is 48.0 Å². The first-order valence-electron chi connectivity index (χ1n) is 7.36. The Balaban J connectivity index is 1.98. The minimum Gasteiger partial charge on any atom is -0.327 e. The molecular weight excluding hydrogens is 305 g/mol. The zero-order valence-corrected chi connectivity index (χ0v) is 13.0. The van der Waals surface area contributed by atoms with Gasteiger partial charge in [0.15, 0.2) is 0 Å². The van der Waals surface area contributed by atoms with Gasteiger partial charge in [0.25, 0.3) is 0 Å². The average molecular weight is 328 g/mol. The third-order valence-corrected chi connectivity index (χ3v) is 4.99. The molecule has 1 atom stereocenters. The number of benzene rings is 1. The molecule has 3 heteroatoms. The van der Waals surface area contributed by atoms with E-state index in [-0.39, 0.29) is 11.9 Å². The van der Waals surface area contributed by atoms with Gasteiger partial charge in [-0.25, -0.2) is 4.39 Å². The lowest BCUT2D eigenvalue weighted by atomic mass is 9.84. The van der Waals surface area contributed by atoms with Crippen LogP contribution in [-0.4, -0.2) is 6.04 Å². The standard InChI is InChI=1S/C16H23BrFN/c17-15-9-8-14(18)10-13(15)11-16(19)12-6-4-2-1-3-5-7-12/h8-10,12,16H,1-7,11,19H2. The molecule has 1 nitrogen and oxygen atoms in total. The molecule has 2 N–H and O–H groups in total. The van der Waals surface area contributed by atoms with Crippen LogP contribution in [0.15, 0.2) is 22.7 Å². The van der Waals surface area contributed by atoms with Gasteiger partial charge in [-0.05, 0) is 48.9 Å². The molecule has 1 aliphatic carbocycles. The number of nitrogens with two attached hydrogens (primary N) is 1. The SMILES string of the molecule is NC(Cc1cc(F)ccc1Br)C1CCCCCCC1. The summed E-state index contributed by atoms with van der Waals surface area (Å²) >= 11 is 3.49. The lowest BCUT2D eigenvalue weighted by Gasteiger charge is -2.26. The van der Waals surface area contributed by atoms with Gasteiger partial charge in [-0.15, -0.1) is 0 Å². The van der Waals surface area contributed by atoms with Gasteiger partial charge >= 0.3 is 0 Å². The van der Waals surface area contributed by atoms with E-state index in [1.165, 1.54) is 51.0 Å². The molecule has 1 aliphatic rings. The van der Waals surface area contributed by atoms with Crippen LogP contribution in [0.4, 0.5) is 4.39 Å². The van der Waals surface area contributed by atoms with E-state index in [9.17, 15) is 4.39 Å². The Morgan fingerprint density at radius 1 is 1.16 bits per heavy atom. The summed E-state index contributed by atoms with van der Waals surface area (Å²) < 4.78 is 14.3. The van der Waals surface area contributed by atoms with Crippen molar-refractivity contribution in [1.29, 1.82) is 0 Å². The second kappa shape index (κ2) is 7.39. The molecular formula is C16H23BrFN. The summed E-state index contributed by atoms with van der Waals surface area (Å²) in [5.41, 5.74) is 7.37. The second-order valence-electron chi connectivity index (χ2n) is 5.71. The molecule has 19 heavy (non-hydrogen) atoms. The highest BCUT2D eigenvalue weighted by Crippen LogP contribution is 2.27. The van der Waals surface area contributed by atoms with Gasteiger partial charge in [-0.3, -0.25) is 0 Å². The van der Waals surface area contributed by atoms with Crippen molar-refractivity contribution in [2.75, 3.05) is 0 Å². The van der Waals surface area contributed by atoms with Crippen LogP contribution >= 0.6 is 15.9 Å². The van der Waals surface area contributed by atoms with Crippen LogP contribution in [0.25, 0.3) is 0 Å². The summed E-state index contributed by atoms with van der Waals surface area (Å²) in [6.07, 6.45) is 9.87. The molecule has 0 heterocycles. The zero-order chi connectivity index (χ0) is 13.7. The molecule has 106 valence electrons. The number of hydrogen-bond acceptors (Lipinski definition) is 1. The Morgan fingerprint density at radius 3 is 2.47 bits per heavy atom. The monoisotopic (exact) mass is 327 g/mol. The molecule has 0 radical (unpaired) electrons. The molecule has 2 rings (SSSR count). The molecule has 1 unspecified atom stereocenters. The second-order valence-corrected chi connectivity index (χ2v) is 6.56. The van der Waals surface area contributed by atoms with Crippen molar-refractivity contribution < 1.29 is 4.39 Å². The fourth-order valence-electron chi connectivity index (χ4n) is 3.04. The fraction of sp³-hybridized carbons (Fsp3) is 0.625. The fourth-order valence-corrected chi connectivity index (χ4v) is 3.44. The van der Waals surface area contributed by atoms with Crippen molar-refractivity contribution in [2.45, 2.75) is 57.4 Å². The lowest BCUT2D eigenvalue weighted by Crippen LogP contribution is -2.33. The van der Waals surface area contributed by atoms with E-state index in [1.54, 1.807) is 12.1 Å². The van der Waals surface area contributed by atoms with Crippen molar-refractivity contribution >= 4 is 15.9 Å². The predicted molar refractivity (Wildman–Crippen MR) is 81.6 cm³/mol. The first kappa shape index (κ1) is 15.0. The van der Waals surface area contributed by atoms with Crippen LogP contribution in [0, 0.1) is 11.7 Å². The Kier molecular flexibility index (Phi) is 5.83. The van der Waals surface area contributed by atoms with E-state index < -0.39 is 0 Å². The number of halogens is 2. The van der Waals surface area contributed by atoms with Crippen LogP contribution in [-0.2, 0) is 6.42 Å². The average Bonchev–Trinajstić information content (AvgIpc) is 2.33. The van der Waals surface area contributed by atoms with E-state index in [1.807, 2.05) is 0 Å². The third-order valence-electron chi connectivity index (χ3n) is 4.22. The summed E-state index contributed by atoms with van der Waals surface area (Å²) in [4.78, 5) is 0. The molecule has 1 saturated carbocycles. The maximum Gasteiger partial charge on any atom is 0.123 e. The summed E-state index contributed by atoms with van der Waals surface area (Å²) in [5.74, 6) is 0.415. The minimum absolute atomic E-state index is 0.149. The molecule has 0 aromatic heterocycles. The molecule has 0 saturated heterocycles. The zero-order valence-electron chi connectivity index (χ0n) is 11.4. The Morgan fingerprint density at radius 2 is 1.79 bits per heavy atom. The third kappa shape index (κ3) is 4.57. The van der Waals surface area contributed by atoms with Crippen molar-refractivity contribution in [3.8, 4) is 0 Å². The van der Waals surface area contributed by atoms with Gasteiger partial charge in [-0.2, -0.15) is 0 Å². The van der Waals surface area contributed by atoms with Gasteiger partial charge < -0.3 is 5.73 Å². The van der Waals surface area contributed by atoms with E-state index >= 15 is 0 Å². The van der Waals surface area contributed by atoms with E-state index in [2.05, 4.69) is 15.9 Å². The molecule has 0 amide bonds. The molecule has 1 fully saturated rings. The first-order chi connectivity index (χ1) is 9.16. The summed E-state index contributed by atoms with van der Waals surface area (Å²) in [6, 6.07) is 5.01. The van der Waals surface area contributed by atoms with Crippen molar-refractivity contribution in [3.05, 3.63) is 34.1 Å². The maximum absolute atomic E-state index is 13.3. The maximum atomic E-state index is 13.3. The molecule has 0 spiro atoms. The quantitative estimate of drug-likeness (QED) is 0.846. The number of rotatable bonds is 3. The van der Waals surface area contributed by atoms with Gasteiger partial charge in [0.2, 0.25) is 0 Å². The summed E-state index contributed by atoms with van der Waals surface area (Å²) in [6.45, 7) is 0. The highest BCUT2D eigenvalue weighted by Gasteiger charge is 2.20. The van der Waals surface area contributed by atoms with Crippen LogP contribution in [0.1, 0.15) is 50.5 Å². The largest absolute Gasteiger partial charge is 0.327 e. The highest BCUT2D eigenvalue weighted by molar-refractivity contribution is 9.10. The van der Waals surface area contributed by atoms with E-state index in [0.717, 1.165) is 16.5 Å². The van der Waals surface area contributed by atoms with E-state index in [0.29, 0.717) is 5.92 Å². The Bertz CT molecular complexity index is 400. The van der Waals surface area contributed by atoms with Crippen molar-refractivity contribution in [1.82, 2.24) is 0 Å². The number of hydrogen-bond donors (Lipinski definition) is 1. The van der Waals surface area contributed by atoms with Crippen LogP contribution in [0.5, 0.6) is 0 Å². The predicted octanol–water partition coefficient (Wildman–Crippen LogP) is 4.82. The summed E-state index contributed by atoms with van der Waals surface area (Å²) in [5, 5.41) is 0. The molecule has 1 aromatic rings. The van der Waals surface area contributed by atoms with Gasteiger partial charge in [0.1, 0.15) is 5.82 Å². The topological polar surface area (TPSA) is 26.0 Å². The molecule has 0 aliphatic heterocycles. The Hall–Kier alpha value is -0.410. The normalized spacial score (nSPS) is 19.7. The van der Waals surface area contributed by atoms with Crippen LogP contribution in [0.3, 0.4) is 0 Å². The van der Waals surface area contributed by atoms with Crippen LogP contribution < -0.4 is 5.73 Å². The van der Waals surface area contributed by atoms with Crippen molar-refractivity contribution in [2.24, 2.45) is 11.7 Å². The van der Waals surface area contributed by atoms with Gasteiger partial charge in [0.05, 0.1) is 0 Å². The van der Waals surface area contributed by atoms with E-state index in [4.69, 9.17) is 5.73 Å². The smallest absolute Gasteiger partial charge is 0.123 e. The first-order valence-corrected chi connectivity index (χ1v) is 8.15. The highest BCUT2D eigenvalue weighted by atomic mass is 79.9. The Labute approximate surface area is 123 Å². The van der Waals surface area contributed by atoms with Gasteiger partial charge in [0, 0.05) is 10.5 Å². The lowest BCUT2D eigenvalue weighted by molar-refractivity contribution is 0.321. The summed E-state index contributed by atoms with van der Waals surface area (Å²) in [7, 11) is 0. The molecule has 0 bridgehead atoms.